The van der Waals surface area contributed by atoms with Gasteiger partial charge >= 0.3 is 0 Å². The van der Waals surface area contributed by atoms with E-state index in [0.29, 0.717) is 6.61 Å². The van der Waals surface area contributed by atoms with Gasteiger partial charge in [0, 0.05) is 30.9 Å². The number of amides is 1. The number of para-hydroxylation sites is 1. The van der Waals surface area contributed by atoms with E-state index < -0.39 is 21.8 Å². The summed E-state index contributed by atoms with van der Waals surface area (Å²) in [6, 6.07) is 6.99. The molecule has 1 amide bonds. The third-order valence-corrected chi connectivity index (χ3v) is 6.45. The fourth-order valence-corrected chi connectivity index (χ4v) is 5.02. The number of carbonyl (C=O) groups excluding carboxylic acids is 1. The molecule has 2 aliphatic heterocycles. The van der Waals surface area contributed by atoms with E-state index in [2.05, 4.69) is 5.10 Å². The number of nitrogens with zero attached hydrogens (tertiary/aromatic N) is 3. The number of rotatable bonds is 2. The molecule has 0 N–H and O–H groups in total. The predicted octanol–water partition coefficient (Wildman–Crippen LogP) is 0.894. The van der Waals surface area contributed by atoms with E-state index in [9.17, 15) is 13.2 Å². The van der Waals surface area contributed by atoms with Crippen molar-refractivity contribution in [2.45, 2.75) is 12.0 Å². The largest absolute Gasteiger partial charge is 0.492 e. The Balaban J connectivity index is 1.66. The monoisotopic (exact) mass is 361 g/mol. The van der Waals surface area contributed by atoms with Crippen LogP contribution in [0.15, 0.2) is 36.7 Å². The summed E-state index contributed by atoms with van der Waals surface area (Å²) in [5.74, 6) is 0.165. The summed E-state index contributed by atoms with van der Waals surface area (Å²) in [4.78, 5) is 14.9. The zero-order valence-corrected chi connectivity index (χ0v) is 14.6. The molecule has 0 spiro atoms. The highest BCUT2D eigenvalue weighted by atomic mass is 32.2. The van der Waals surface area contributed by atoms with Crippen LogP contribution in [0.25, 0.3) is 0 Å². The Kier molecular flexibility index (Phi) is 3.79. The summed E-state index contributed by atoms with van der Waals surface area (Å²) in [5.41, 5.74) is 1.61. The molecule has 0 bridgehead atoms. The standard InChI is InChI=1S/C17H19N3O4S/c1-19-9-12(8-18-19)15-11-25(22,23)7-6-20(15)17(21)14-10-24-16-5-3-2-4-13(14)16/h2-5,8-9,14-15H,6-7,10-11H2,1H3/t14-,15-/m1/s1. The highest BCUT2D eigenvalue weighted by Crippen LogP contribution is 2.37. The number of hydrogen-bond donors (Lipinski definition) is 0. The third kappa shape index (κ3) is 2.90. The number of aromatic nitrogens is 2. The number of aryl methyl sites for hydroxylation is 1. The van der Waals surface area contributed by atoms with E-state index in [0.717, 1.165) is 16.9 Å². The lowest BCUT2D eigenvalue weighted by Gasteiger charge is -2.36. The number of hydrogen-bond acceptors (Lipinski definition) is 5. The summed E-state index contributed by atoms with van der Waals surface area (Å²) in [7, 11) is -1.41. The minimum atomic E-state index is -3.18. The number of sulfone groups is 1. The molecule has 0 saturated carbocycles. The van der Waals surface area contributed by atoms with Crippen LogP contribution >= 0.6 is 0 Å². The second-order valence-corrected chi connectivity index (χ2v) is 8.74. The van der Waals surface area contributed by atoms with E-state index in [4.69, 9.17) is 4.74 Å². The third-order valence-electron chi connectivity index (χ3n) is 4.82. The van der Waals surface area contributed by atoms with Crippen molar-refractivity contribution in [2.24, 2.45) is 7.05 Å². The smallest absolute Gasteiger partial charge is 0.234 e. The number of benzene rings is 1. The fraction of sp³-hybridized carbons (Fsp3) is 0.412. The van der Waals surface area contributed by atoms with Crippen molar-refractivity contribution in [3.05, 3.63) is 47.8 Å². The second-order valence-electron chi connectivity index (χ2n) is 6.51. The molecule has 25 heavy (non-hydrogen) atoms. The Morgan fingerprint density at radius 1 is 1.32 bits per heavy atom. The van der Waals surface area contributed by atoms with Crippen molar-refractivity contribution in [1.82, 2.24) is 14.7 Å². The average molecular weight is 361 g/mol. The van der Waals surface area contributed by atoms with Crippen LogP contribution in [0, 0.1) is 0 Å². The van der Waals surface area contributed by atoms with Crippen LogP contribution in [0.4, 0.5) is 0 Å². The van der Waals surface area contributed by atoms with Crippen LogP contribution in [-0.2, 0) is 21.7 Å². The van der Waals surface area contributed by atoms with Crippen molar-refractivity contribution < 1.29 is 17.9 Å². The molecule has 0 unspecified atom stereocenters. The maximum Gasteiger partial charge on any atom is 0.234 e. The topological polar surface area (TPSA) is 81.5 Å². The van der Waals surface area contributed by atoms with Crippen LogP contribution in [0.5, 0.6) is 5.75 Å². The molecule has 132 valence electrons. The SMILES string of the molecule is Cn1cc([C@H]2CS(=O)(=O)CCN2C(=O)[C@@H]2COc3ccccc32)cn1. The fourth-order valence-electron chi connectivity index (χ4n) is 3.53. The minimum Gasteiger partial charge on any atom is -0.492 e. The first kappa shape index (κ1) is 16.1. The molecule has 4 rings (SSSR count). The summed E-state index contributed by atoms with van der Waals surface area (Å²) >= 11 is 0. The van der Waals surface area contributed by atoms with Gasteiger partial charge in [-0.1, -0.05) is 18.2 Å². The lowest BCUT2D eigenvalue weighted by Crippen LogP contribution is -2.48. The first-order chi connectivity index (χ1) is 11.9. The van der Waals surface area contributed by atoms with Gasteiger partial charge in [-0.25, -0.2) is 8.42 Å². The number of fused-ring (bicyclic) bond motifs is 1. The Hall–Kier alpha value is -2.35. The zero-order chi connectivity index (χ0) is 17.6. The Labute approximate surface area is 146 Å². The molecule has 1 saturated heterocycles. The lowest BCUT2D eigenvalue weighted by atomic mass is 9.98. The van der Waals surface area contributed by atoms with Crippen molar-refractivity contribution in [3.63, 3.8) is 0 Å². The van der Waals surface area contributed by atoms with Crippen molar-refractivity contribution in [3.8, 4) is 5.75 Å². The van der Waals surface area contributed by atoms with E-state index in [-0.39, 0.29) is 24.0 Å². The van der Waals surface area contributed by atoms with Crippen LogP contribution in [-0.4, -0.2) is 53.7 Å². The van der Waals surface area contributed by atoms with E-state index >= 15 is 0 Å². The van der Waals surface area contributed by atoms with Gasteiger partial charge in [0.2, 0.25) is 5.91 Å². The predicted molar refractivity (Wildman–Crippen MR) is 91.0 cm³/mol. The maximum atomic E-state index is 13.2. The summed E-state index contributed by atoms with van der Waals surface area (Å²) in [6.45, 7) is 0.487. The number of carbonyl (C=O) groups is 1. The van der Waals surface area contributed by atoms with Gasteiger partial charge < -0.3 is 9.64 Å². The first-order valence-corrected chi connectivity index (χ1v) is 9.98. The van der Waals surface area contributed by atoms with Crippen molar-refractivity contribution in [2.75, 3.05) is 24.7 Å². The molecule has 0 aliphatic carbocycles. The van der Waals surface area contributed by atoms with E-state index in [1.165, 1.54) is 0 Å². The molecule has 8 heteroatoms. The molecular formula is C17H19N3O4S. The Morgan fingerprint density at radius 2 is 2.12 bits per heavy atom. The molecule has 1 fully saturated rings. The minimum absolute atomic E-state index is 0.00920. The molecule has 1 aromatic carbocycles. The van der Waals surface area contributed by atoms with Crippen LogP contribution in [0.1, 0.15) is 23.1 Å². The molecular weight excluding hydrogens is 342 g/mol. The molecule has 2 aliphatic rings. The molecule has 0 radical (unpaired) electrons. The Morgan fingerprint density at radius 3 is 2.88 bits per heavy atom. The molecule has 2 aromatic rings. The number of ether oxygens (including phenoxy) is 1. The van der Waals surface area contributed by atoms with Gasteiger partial charge in [-0.15, -0.1) is 0 Å². The van der Waals surface area contributed by atoms with Gasteiger partial charge in [0.05, 0.1) is 23.7 Å². The zero-order valence-electron chi connectivity index (χ0n) is 13.8. The van der Waals surface area contributed by atoms with Gasteiger partial charge in [0.15, 0.2) is 9.84 Å². The highest BCUT2D eigenvalue weighted by Gasteiger charge is 2.41. The first-order valence-electron chi connectivity index (χ1n) is 8.16. The molecule has 3 heterocycles. The van der Waals surface area contributed by atoms with Gasteiger partial charge in [-0.05, 0) is 6.07 Å². The second kappa shape index (κ2) is 5.87. The highest BCUT2D eigenvalue weighted by molar-refractivity contribution is 7.91. The maximum absolute atomic E-state index is 13.2. The van der Waals surface area contributed by atoms with Crippen LogP contribution in [0.2, 0.25) is 0 Å². The summed E-state index contributed by atoms with van der Waals surface area (Å²) in [5, 5.41) is 4.13. The summed E-state index contributed by atoms with van der Waals surface area (Å²) in [6.07, 6.45) is 3.40. The average Bonchev–Trinajstić information content (AvgIpc) is 3.19. The van der Waals surface area contributed by atoms with Gasteiger partial charge in [-0.3, -0.25) is 9.48 Å². The van der Waals surface area contributed by atoms with Crippen LogP contribution in [0.3, 0.4) is 0 Å². The van der Waals surface area contributed by atoms with Crippen molar-refractivity contribution >= 4 is 15.7 Å². The molecule has 2 atom stereocenters. The van der Waals surface area contributed by atoms with E-state index in [1.54, 1.807) is 29.0 Å². The lowest BCUT2D eigenvalue weighted by molar-refractivity contribution is -0.135. The van der Waals surface area contributed by atoms with E-state index in [1.807, 2.05) is 24.3 Å². The van der Waals surface area contributed by atoms with Gasteiger partial charge in [0.25, 0.3) is 0 Å². The summed E-state index contributed by atoms with van der Waals surface area (Å²) < 4.78 is 31.5. The Bertz CT molecular complexity index is 921. The van der Waals surface area contributed by atoms with Crippen LogP contribution < -0.4 is 4.74 Å². The molecule has 7 nitrogen and oxygen atoms in total. The molecule has 1 aromatic heterocycles. The normalized spacial score (nSPS) is 24.6. The van der Waals surface area contributed by atoms with Gasteiger partial charge in [-0.2, -0.15) is 5.10 Å². The quantitative estimate of drug-likeness (QED) is 0.794. The van der Waals surface area contributed by atoms with Crippen molar-refractivity contribution in [1.29, 1.82) is 0 Å². The van der Waals surface area contributed by atoms with Gasteiger partial charge in [0.1, 0.15) is 18.3 Å².